The number of nitrogens with one attached hydrogen (secondary N) is 1. The third-order valence-electron chi connectivity index (χ3n) is 2.95. The maximum absolute atomic E-state index is 12.1. The van der Waals surface area contributed by atoms with Gasteiger partial charge in [-0.05, 0) is 24.5 Å². The maximum atomic E-state index is 12.1. The molecule has 1 aromatic rings. The minimum Gasteiger partial charge on any atom is -0.258 e. The number of halogens is 1. The molecule has 0 aliphatic heterocycles. The van der Waals surface area contributed by atoms with Crippen molar-refractivity contribution < 1.29 is 13.3 Å². The van der Waals surface area contributed by atoms with E-state index in [1.807, 2.05) is 0 Å². The van der Waals surface area contributed by atoms with E-state index in [4.69, 9.17) is 0 Å². The summed E-state index contributed by atoms with van der Waals surface area (Å²) in [6.07, 6.45) is 3.05. The maximum Gasteiger partial charge on any atom is 0.289 e. The summed E-state index contributed by atoms with van der Waals surface area (Å²) in [5.74, 6) is 0.597. The SMILES string of the molecule is O=[N+]([O-])c1ccc(Br)cc1S(=O)(=O)NCCC1CC1. The van der Waals surface area contributed by atoms with Crippen LogP contribution in [0.3, 0.4) is 0 Å². The summed E-state index contributed by atoms with van der Waals surface area (Å²) < 4.78 is 27.1. The smallest absolute Gasteiger partial charge is 0.258 e. The Morgan fingerprint density at radius 1 is 1.42 bits per heavy atom. The molecule has 0 bridgehead atoms. The second kappa shape index (κ2) is 5.56. The molecule has 2 rings (SSSR count). The Kier molecular flexibility index (Phi) is 4.22. The first-order valence-corrected chi connectivity index (χ1v) is 8.11. The van der Waals surface area contributed by atoms with Gasteiger partial charge in [-0.1, -0.05) is 28.8 Å². The van der Waals surface area contributed by atoms with Gasteiger partial charge in [-0.15, -0.1) is 0 Å². The lowest BCUT2D eigenvalue weighted by Gasteiger charge is -2.07. The zero-order valence-electron chi connectivity index (χ0n) is 10.0. The molecule has 0 amide bonds. The number of nitro benzene ring substituents is 1. The van der Waals surface area contributed by atoms with E-state index in [0.29, 0.717) is 16.9 Å². The van der Waals surface area contributed by atoms with Gasteiger partial charge in [0, 0.05) is 17.1 Å². The van der Waals surface area contributed by atoms with Gasteiger partial charge in [-0.3, -0.25) is 10.1 Å². The molecule has 1 aliphatic rings. The Balaban J connectivity index is 2.21. The van der Waals surface area contributed by atoms with Gasteiger partial charge in [-0.25, -0.2) is 13.1 Å². The molecular weight excluding hydrogens is 336 g/mol. The zero-order valence-corrected chi connectivity index (χ0v) is 12.4. The number of nitrogens with zero attached hydrogens (tertiary/aromatic N) is 1. The van der Waals surface area contributed by atoms with Crippen molar-refractivity contribution in [1.29, 1.82) is 0 Å². The molecule has 0 spiro atoms. The second-order valence-electron chi connectivity index (χ2n) is 4.50. The van der Waals surface area contributed by atoms with Crippen molar-refractivity contribution in [2.24, 2.45) is 5.92 Å². The van der Waals surface area contributed by atoms with E-state index < -0.39 is 20.6 Å². The van der Waals surface area contributed by atoms with E-state index in [9.17, 15) is 18.5 Å². The number of nitro groups is 1. The van der Waals surface area contributed by atoms with Gasteiger partial charge in [0.15, 0.2) is 4.90 Å². The number of benzene rings is 1. The molecule has 1 saturated carbocycles. The highest BCUT2D eigenvalue weighted by Crippen LogP contribution is 2.32. The molecule has 0 saturated heterocycles. The zero-order chi connectivity index (χ0) is 14.0. The topological polar surface area (TPSA) is 89.3 Å². The van der Waals surface area contributed by atoms with Crippen LogP contribution >= 0.6 is 15.9 Å². The minimum absolute atomic E-state index is 0.303. The van der Waals surface area contributed by atoms with Crippen LogP contribution in [0.15, 0.2) is 27.6 Å². The number of hydrogen-bond donors (Lipinski definition) is 1. The summed E-state index contributed by atoms with van der Waals surface area (Å²) in [6.45, 7) is 0.316. The molecule has 0 radical (unpaired) electrons. The van der Waals surface area contributed by atoms with Crippen molar-refractivity contribution >= 4 is 31.6 Å². The summed E-state index contributed by atoms with van der Waals surface area (Å²) in [6, 6.07) is 3.87. The lowest BCUT2D eigenvalue weighted by Crippen LogP contribution is -2.25. The van der Waals surface area contributed by atoms with Gasteiger partial charge >= 0.3 is 0 Å². The first-order chi connectivity index (χ1) is 8.90. The lowest BCUT2D eigenvalue weighted by atomic mass is 10.3. The average molecular weight is 349 g/mol. The molecule has 8 heteroatoms. The van der Waals surface area contributed by atoms with Gasteiger partial charge in [-0.2, -0.15) is 0 Å². The van der Waals surface area contributed by atoms with Crippen molar-refractivity contribution in [2.45, 2.75) is 24.2 Å². The van der Waals surface area contributed by atoms with Crippen LogP contribution in [0.4, 0.5) is 5.69 Å². The fraction of sp³-hybridized carbons (Fsp3) is 0.455. The monoisotopic (exact) mass is 348 g/mol. The summed E-state index contributed by atoms with van der Waals surface area (Å²) in [7, 11) is -3.85. The molecule has 19 heavy (non-hydrogen) atoms. The van der Waals surface area contributed by atoms with Gasteiger partial charge < -0.3 is 0 Å². The van der Waals surface area contributed by atoms with Crippen molar-refractivity contribution in [3.8, 4) is 0 Å². The molecule has 1 fully saturated rings. The fourth-order valence-electron chi connectivity index (χ4n) is 1.74. The summed E-state index contributed by atoms with van der Waals surface area (Å²) in [5, 5.41) is 10.9. The highest BCUT2D eigenvalue weighted by atomic mass is 79.9. The van der Waals surface area contributed by atoms with Crippen LogP contribution < -0.4 is 4.72 Å². The second-order valence-corrected chi connectivity index (χ2v) is 7.15. The van der Waals surface area contributed by atoms with Gasteiger partial charge in [0.05, 0.1) is 4.92 Å². The average Bonchev–Trinajstić information content (AvgIpc) is 3.12. The van der Waals surface area contributed by atoms with Crippen LogP contribution in [0, 0.1) is 16.0 Å². The standard InChI is InChI=1S/C11H13BrN2O4S/c12-9-3-4-10(14(15)16)11(7-9)19(17,18)13-6-5-8-1-2-8/h3-4,7-8,13H,1-2,5-6H2. The third kappa shape index (κ3) is 3.74. The van der Waals surface area contributed by atoms with Crippen LogP contribution in [-0.2, 0) is 10.0 Å². The van der Waals surface area contributed by atoms with Crippen LogP contribution in [0.25, 0.3) is 0 Å². The van der Waals surface area contributed by atoms with Crippen molar-refractivity contribution in [1.82, 2.24) is 4.72 Å². The number of sulfonamides is 1. The van der Waals surface area contributed by atoms with E-state index >= 15 is 0 Å². The third-order valence-corrected chi connectivity index (χ3v) is 4.93. The van der Waals surface area contributed by atoms with E-state index in [1.165, 1.54) is 18.2 Å². The normalized spacial score (nSPS) is 15.4. The van der Waals surface area contributed by atoms with E-state index in [-0.39, 0.29) is 4.90 Å². The van der Waals surface area contributed by atoms with Crippen molar-refractivity contribution in [3.05, 3.63) is 32.8 Å². The number of hydrogen-bond acceptors (Lipinski definition) is 4. The van der Waals surface area contributed by atoms with Crippen LogP contribution in [0.1, 0.15) is 19.3 Å². The Labute approximate surface area is 119 Å². The predicted molar refractivity (Wildman–Crippen MR) is 73.3 cm³/mol. The molecule has 0 atom stereocenters. The number of rotatable bonds is 6. The molecule has 1 aromatic carbocycles. The molecule has 1 N–H and O–H groups in total. The van der Waals surface area contributed by atoms with Gasteiger partial charge in [0.1, 0.15) is 0 Å². The summed E-state index contributed by atoms with van der Waals surface area (Å²) in [5.41, 5.74) is -0.415. The molecule has 0 heterocycles. The van der Waals surface area contributed by atoms with Gasteiger partial charge in [0.25, 0.3) is 5.69 Å². The Morgan fingerprint density at radius 2 is 2.11 bits per heavy atom. The highest BCUT2D eigenvalue weighted by Gasteiger charge is 2.27. The molecule has 6 nitrogen and oxygen atoms in total. The van der Waals surface area contributed by atoms with Gasteiger partial charge in [0.2, 0.25) is 10.0 Å². The molecular formula is C11H13BrN2O4S. The Bertz CT molecular complexity index is 599. The molecule has 1 aliphatic carbocycles. The van der Waals surface area contributed by atoms with E-state index in [0.717, 1.165) is 19.3 Å². The summed E-state index contributed by atoms with van der Waals surface area (Å²) >= 11 is 3.12. The molecule has 104 valence electrons. The Hall–Kier alpha value is -0.990. The first-order valence-electron chi connectivity index (χ1n) is 5.84. The van der Waals surface area contributed by atoms with Crippen LogP contribution in [0.2, 0.25) is 0 Å². The fourth-order valence-corrected chi connectivity index (χ4v) is 3.49. The first kappa shape index (κ1) is 14.4. The Morgan fingerprint density at radius 3 is 2.68 bits per heavy atom. The summed E-state index contributed by atoms with van der Waals surface area (Å²) in [4.78, 5) is 9.87. The molecule has 0 unspecified atom stereocenters. The van der Waals surface area contributed by atoms with E-state index in [2.05, 4.69) is 20.7 Å². The minimum atomic E-state index is -3.85. The van der Waals surface area contributed by atoms with Crippen molar-refractivity contribution in [2.75, 3.05) is 6.54 Å². The largest absolute Gasteiger partial charge is 0.289 e. The van der Waals surface area contributed by atoms with Crippen molar-refractivity contribution in [3.63, 3.8) is 0 Å². The van der Waals surface area contributed by atoms with E-state index in [1.54, 1.807) is 0 Å². The predicted octanol–water partition coefficient (Wildman–Crippen LogP) is 2.44. The van der Waals surface area contributed by atoms with Crippen LogP contribution in [0.5, 0.6) is 0 Å². The van der Waals surface area contributed by atoms with Crippen LogP contribution in [-0.4, -0.2) is 19.9 Å². The quantitative estimate of drug-likeness (QED) is 0.631. The molecule has 0 aromatic heterocycles. The lowest BCUT2D eigenvalue weighted by molar-refractivity contribution is -0.387. The highest BCUT2D eigenvalue weighted by molar-refractivity contribution is 9.10.